The lowest BCUT2D eigenvalue weighted by Gasteiger charge is -2.25. The molecule has 1 heterocycles. The van der Waals surface area contributed by atoms with E-state index in [2.05, 4.69) is 0 Å². The van der Waals surface area contributed by atoms with Gasteiger partial charge in [0.05, 0.1) is 30.8 Å². The maximum atomic E-state index is 13.6. The van der Waals surface area contributed by atoms with Crippen LogP contribution in [0.2, 0.25) is 0 Å². The topological polar surface area (TPSA) is 130 Å². The molecule has 1 saturated heterocycles. The second-order valence-electron chi connectivity index (χ2n) is 10.7. The predicted octanol–water partition coefficient (Wildman–Crippen LogP) is 5.64. The molecule has 0 aliphatic carbocycles. The van der Waals surface area contributed by atoms with Crippen LogP contribution >= 0.6 is 0 Å². The lowest BCUT2D eigenvalue weighted by atomic mass is 9.98. The minimum absolute atomic E-state index is 0.0122. The van der Waals surface area contributed by atoms with Crippen molar-refractivity contribution in [2.45, 2.75) is 63.6 Å². The van der Waals surface area contributed by atoms with Gasteiger partial charge in [0.25, 0.3) is 0 Å². The van der Waals surface area contributed by atoms with Gasteiger partial charge in [-0.1, -0.05) is 36.4 Å². The number of carboxylic acids is 1. The van der Waals surface area contributed by atoms with Crippen LogP contribution in [0, 0.1) is 5.92 Å². The Labute approximate surface area is 258 Å². The quantitative estimate of drug-likeness (QED) is 0.152. The molecule has 10 nitrogen and oxygen atoms in total. The average Bonchev–Trinajstić information content (AvgIpc) is 3.28. The number of carbonyl (C=O) groups excluding carboxylic acids is 1. The van der Waals surface area contributed by atoms with E-state index in [-0.39, 0.29) is 35.7 Å². The molecule has 0 saturated carbocycles. The Morgan fingerprint density at radius 3 is 2.36 bits per heavy atom. The zero-order chi connectivity index (χ0) is 33.4. The second kappa shape index (κ2) is 15.4. The van der Waals surface area contributed by atoms with Crippen molar-refractivity contribution in [3.05, 3.63) is 77.4 Å². The van der Waals surface area contributed by atoms with Crippen molar-refractivity contribution >= 4 is 18.0 Å². The molecule has 0 bridgehead atoms. The lowest BCUT2D eigenvalue weighted by Crippen LogP contribution is -2.38. The molecule has 5 atom stereocenters. The summed E-state index contributed by atoms with van der Waals surface area (Å²) >= 11 is 0. The maximum absolute atomic E-state index is 13.6. The third-order valence-electron chi connectivity index (χ3n) is 6.76. The average molecular weight is 639 g/mol. The number of halogens is 3. The second-order valence-corrected chi connectivity index (χ2v) is 10.7. The Morgan fingerprint density at radius 2 is 1.78 bits per heavy atom. The summed E-state index contributed by atoms with van der Waals surface area (Å²) in [6.45, 7) is 4.00. The third kappa shape index (κ3) is 9.79. The summed E-state index contributed by atoms with van der Waals surface area (Å²) in [5.74, 6) is -5.19. The van der Waals surface area contributed by atoms with E-state index in [0.29, 0.717) is 5.75 Å². The van der Waals surface area contributed by atoms with Crippen molar-refractivity contribution < 1.29 is 61.4 Å². The molecule has 13 heteroatoms. The van der Waals surface area contributed by atoms with Crippen molar-refractivity contribution in [2.24, 2.45) is 5.92 Å². The lowest BCUT2D eigenvalue weighted by molar-refractivity contribution is -0.182. The van der Waals surface area contributed by atoms with E-state index < -0.39 is 54.2 Å². The van der Waals surface area contributed by atoms with Gasteiger partial charge in [-0.3, -0.25) is 0 Å². The number of carbonyl (C=O) groups is 2. The van der Waals surface area contributed by atoms with Crippen LogP contribution in [-0.2, 0) is 18.9 Å². The molecule has 1 fully saturated rings. The number of esters is 1. The minimum Gasteiger partial charge on any atom is -0.497 e. The molecule has 1 aliphatic heterocycles. The monoisotopic (exact) mass is 638 g/mol. The molecule has 1 aliphatic rings. The SMILES string of the molecule is COCOc1cc(OC)cc(/C=C/CC2OC(C)(C)OC2C(/C=C\C(C(C)O)C(F)(F)F)OC(=O)c2ccccc2)c1C(=O)O. The molecular weight excluding hydrogens is 601 g/mol. The number of hydrogen-bond acceptors (Lipinski definition) is 9. The first-order valence-corrected chi connectivity index (χ1v) is 13.9. The molecule has 3 rings (SSSR count). The van der Waals surface area contributed by atoms with Crippen LogP contribution in [0.4, 0.5) is 13.2 Å². The summed E-state index contributed by atoms with van der Waals surface area (Å²) in [6.07, 6.45) is -4.87. The van der Waals surface area contributed by atoms with Gasteiger partial charge in [-0.25, -0.2) is 9.59 Å². The van der Waals surface area contributed by atoms with Crippen molar-refractivity contribution in [3.8, 4) is 11.5 Å². The first-order valence-electron chi connectivity index (χ1n) is 13.9. The van der Waals surface area contributed by atoms with Gasteiger partial charge in [-0.05, 0) is 57.0 Å². The van der Waals surface area contributed by atoms with Crippen LogP contribution in [0.25, 0.3) is 6.08 Å². The largest absolute Gasteiger partial charge is 0.497 e. The highest BCUT2D eigenvalue weighted by Crippen LogP contribution is 2.36. The Kier molecular flexibility index (Phi) is 12.2. The van der Waals surface area contributed by atoms with Crippen LogP contribution in [0.3, 0.4) is 0 Å². The number of methoxy groups -OCH3 is 2. The molecule has 0 amide bonds. The zero-order valence-electron chi connectivity index (χ0n) is 25.4. The molecular formula is C32H37F3O10. The van der Waals surface area contributed by atoms with Crippen LogP contribution in [-0.4, -0.2) is 79.5 Å². The van der Waals surface area contributed by atoms with E-state index in [1.165, 1.54) is 44.6 Å². The number of alkyl halides is 3. The predicted molar refractivity (Wildman–Crippen MR) is 156 cm³/mol. The summed E-state index contributed by atoms with van der Waals surface area (Å²) < 4.78 is 74.3. The van der Waals surface area contributed by atoms with Crippen molar-refractivity contribution in [1.29, 1.82) is 0 Å². The standard InChI is InChI=1S/C32H37F3O10/c1-19(36)23(32(33,34)35)14-15-24(43-30(39)20-10-7-6-8-11-20)28-25(44-31(2,3)45-28)13-9-12-21-16-22(41-5)17-26(42-18-40-4)27(21)29(37)38/h6-12,14-17,19,23-25,28,36H,13,18H2,1-5H3,(H,37,38)/b12-9+,15-14-. The van der Waals surface area contributed by atoms with Crippen molar-refractivity contribution in [1.82, 2.24) is 0 Å². The van der Waals surface area contributed by atoms with E-state index in [1.807, 2.05) is 0 Å². The van der Waals surface area contributed by atoms with Gasteiger partial charge in [0.2, 0.25) is 0 Å². The van der Waals surface area contributed by atoms with Crippen LogP contribution in [0.5, 0.6) is 11.5 Å². The van der Waals surface area contributed by atoms with Gasteiger partial charge in [0.1, 0.15) is 29.3 Å². The van der Waals surface area contributed by atoms with Gasteiger partial charge >= 0.3 is 18.1 Å². The Morgan fingerprint density at radius 1 is 1.09 bits per heavy atom. The summed E-state index contributed by atoms with van der Waals surface area (Å²) in [6, 6.07) is 10.8. The van der Waals surface area contributed by atoms with E-state index in [9.17, 15) is 33.0 Å². The van der Waals surface area contributed by atoms with Gasteiger partial charge in [-0.2, -0.15) is 13.2 Å². The first kappa shape index (κ1) is 35.6. The normalized spacial score (nSPS) is 20.2. The number of benzene rings is 2. The Hall–Kier alpha value is -3.91. The smallest absolute Gasteiger partial charge is 0.397 e. The molecule has 246 valence electrons. The molecule has 0 radical (unpaired) electrons. The number of rotatable bonds is 14. The number of aliphatic hydroxyl groups excluding tert-OH is 1. The van der Waals surface area contributed by atoms with Crippen LogP contribution in [0.15, 0.2) is 60.7 Å². The Balaban J connectivity index is 1.97. The van der Waals surface area contributed by atoms with Gasteiger partial charge in [0, 0.05) is 13.2 Å². The minimum atomic E-state index is -4.77. The molecule has 0 aromatic heterocycles. The van der Waals surface area contributed by atoms with Gasteiger partial charge in [0.15, 0.2) is 12.6 Å². The maximum Gasteiger partial charge on any atom is 0.397 e. The van der Waals surface area contributed by atoms with Gasteiger partial charge < -0.3 is 38.6 Å². The number of aromatic carboxylic acids is 1. The molecule has 2 aromatic carbocycles. The molecule has 45 heavy (non-hydrogen) atoms. The highest BCUT2D eigenvalue weighted by atomic mass is 19.4. The van der Waals surface area contributed by atoms with Gasteiger partial charge in [-0.15, -0.1) is 0 Å². The van der Waals surface area contributed by atoms with Crippen LogP contribution in [0.1, 0.15) is 53.5 Å². The van der Waals surface area contributed by atoms with E-state index >= 15 is 0 Å². The zero-order valence-corrected chi connectivity index (χ0v) is 25.4. The number of ether oxygens (including phenoxy) is 6. The summed E-state index contributed by atoms with van der Waals surface area (Å²) in [5, 5.41) is 19.7. The molecule has 0 spiro atoms. The summed E-state index contributed by atoms with van der Waals surface area (Å²) in [5.41, 5.74) is 0.247. The fourth-order valence-corrected chi connectivity index (χ4v) is 4.73. The third-order valence-corrected chi connectivity index (χ3v) is 6.76. The molecule has 2 aromatic rings. The Bertz CT molecular complexity index is 1350. The van der Waals surface area contributed by atoms with E-state index in [1.54, 1.807) is 38.1 Å². The fourth-order valence-electron chi connectivity index (χ4n) is 4.73. The van der Waals surface area contributed by atoms with Crippen molar-refractivity contribution in [2.75, 3.05) is 21.0 Å². The highest BCUT2D eigenvalue weighted by molar-refractivity contribution is 5.95. The van der Waals surface area contributed by atoms with Crippen LogP contribution < -0.4 is 9.47 Å². The summed E-state index contributed by atoms with van der Waals surface area (Å²) in [4.78, 5) is 25.1. The number of carboxylic acid groups (broad SMARTS) is 1. The highest BCUT2D eigenvalue weighted by Gasteiger charge is 2.46. The molecule has 5 unspecified atom stereocenters. The fraction of sp³-hybridized carbons (Fsp3) is 0.438. The van der Waals surface area contributed by atoms with E-state index in [4.69, 9.17) is 28.4 Å². The van der Waals surface area contributed by atoms with Crippen molar-refractivity contribution in [3.63, 3.8) is 0 Å². The summed E-state index contributed by atoms with van der Waals surface area (Å²) in [7, 11) is 2.79. The first-order chi connectivity index (χ1) is 21.2. The number of aliphatic hydroxyl groups is 1. The van der Waals surface area contributed by atoms with E-state index in [0.717, 1.165) is 19.1 Å². The molecule has 2 N–H and O–H groups in total. The number of hydrogen-bond donors (Lipinski definition) is 2.